The van der Waals surface area contributed by atoms with E-state index < -0.39 is 5.91 Å². The van der Waals surface area contributed by atoms with Crippen LogP contribution in [0.2, 0.25) is 5.02 Å². The Balaban J connectivity index is 1.75. The van der Waals surface area contributed by atoms with Crippen LogP contribution in [0.3, 0.4) is 0 Å². The Morgan fingerprint density at radius 1 is 1.17 bits per heavy atom. The molecule has 3 rings (SSSR count). The molecule has 0 bridgehead atoms. The van der Waals surface area contributed by atoms with Crippen molar-refractivity contribution in [3.63, 3.8) is 0 Å². The molecule has 8 nitrogen and oxygen atoms in total. The van der Waals surface area contributed by atoms with Gasteiger partial charge in [-0.05, 0) is 43.7 Å². The van der Waals surface area contributed by atoms with E-state index in [-0.39, 0.29) is 18.2 Å². The first-order valence-electron chi connectivity index (χ1n) is 11.3. The van der Waals surface area contributed by atoms with Crippen molar-refractivity contribution in [2.75, 3.05) is 20.3 Å². The molecule has 0 aliphatic rings. The van der Waals surface area contributed by atoms with Gasteiger partial charge >= 0.3 is 5.91 Å². The van der Waals surface area contributed by atoms with Crippen LogP contribution in [0.4, 0.5) is 5.69 Å². The van der Waals surface area contributed by atoms with Crippen LogP contribution in [0.5, 0.6) is 11.6 Å². The average Bonchev–Trinajstić information content (AvgIpc) is 3.15. The molecule has 0 aliphatic heterocycles. The van der Waals surface area contributed by atoms with Crippen molar-refractivity contribution >= 4 is 34.1 Å². The van der Waals surface area contributed by atoms with Crippen LogP contribution in [-0.2, 0) is 20.8 Å². The highest BCUT2D eigenvalue weighted by Gasteiger charge is 2.16. The summed E-state index contributed by atoms with van der Waals surface area (Å²) in [6, 6.07) is 14.2. The van der Waals surface area contributed by atoms with Gasteiger partial charge in [-0.25, -0.2) is 0 Å². The summed E-state index contributed by atoms with van der Waals surface area (Å²) in [5.74, 6) is 0.790. The van der Waals surface area contributed by atoms with Gasteiger partial charge < -0.3 is 23.9 Å². The smallest absolute Gasteiger partial charge is 0.302 e. The minimum absolute atomic E-state index is 0.0857. The molecule has 9 heteroatoms. The second-order valence-corrected chi connectivity index (χ2v) is 7.82. The maximum absolute atomic E-state index is 12.2. The SMILES string of the molecule is C=C/C(OC)=C(\C=C/CCn1c(O)c(N=NC(=O)COc2ccccc2Cl)c2ccccc21)OCC. The van der Waals surface area contributed by atoms with Crippen LogP contribution < -0.4 is 4.74 Å². The number of nitrogens with zero attached hydrogens (tertiary/aromatic N) is 3. The third kappa shape index (κ3) is 6.55. The van der Waals surface area contributed by atoms with Gasteiger partial charge in [0.1, 0.15) is 5.75 Å². The summed E-state index contributed by atoms with van der Waals surface area (Å²) in [4.78, 5) is 12.2. The molecule has 0 spiro atoms. The van der Waals surface area contributed by atoms with Gasteiger partial charge in [-0.1, -0.05) is 54.6 Å². The van der Waals surface area contributed by atoms with Crippen molar-refractivity contribution < 1.29 is 24.1 Å². The van der Waals surface area contributed by atoms with Crippen molar-refractivity contribution in [2.45, 2.75) is 19.9 Å². The summed E-state index contributed by atoms with van der Waals surface area (Å²) in [6.07, 6.45) is 5.89. The molecule has 1 amide bonds. The molecule has 1 heterocycles. The van der Waals surface area contributed by atoms with Crippen molar-refractivity contribution in [3.05, 3.63) is 89.9 Å². The van der Waals surface area contributed by atoms with E-state index in [4.69, 9.17) is 25.8 Å². The van der Waals surface area contributed by atoms with Crippen LogP contribution in [0.25, 0.3) is 10.9 Å². The highest BCUT2D eigenvalue weighted by atomic mass is 35.5. The van der Waals surface area contributed by atoms with E-state index in [9.17, 15) is 9.90 Å². The molecule has 36 heavy (non-hydrogen) atoms. The predicted molar refractivity (Wildman–Crippen MR) is 140 cm³/mol. The summed E-state index contributed by atoms with van der Waals surface area (Å²) in [5.41, 5.74) is 0.977. The predicted octanol–water partition coefficient (Wildman–Crippen LogP) is 6.72. The lowest BCUT2D eigenvalue weighted by molar-refractivity contribution is -0.120. The number of allylic oxidation sites excluding steroid dienone is 3. The number of aromatic hydroxyl groups is 1. The standard InChI is InChI=1S/C27H28ClN3O5/c1-4-22(34-3)24(35-5-2)16-10-11-17-31-21-14-8-6-12-19(21)26(27(31)33)30-29-25(32)18-36-23-15-9-7-13-20(23)28/h4,6-10,12-16,33H,1,5,11,17-18H2,2-3H3/b16-10-,24-22-,30-29?. The third-order valence-corrected chi connectivity index (χ3v) is 5.42. The number of methoxy groups -OCH3 is 1. The zero-order valence-corrected chi connectivity index (χ0v) is 20.9. The number of amides is 1. The Kier molecular flexibility index (Phi) is 9.71. The number of hydrogen-bond acceptors (Lipinski definition) is 6. The third-order valence-electron chi connectivity index (χ3n) is 5.10. The van der Waals surface area contributed by atoms with Crippen LogP contribution >= 0.6 is 11.6 Å². The maximum atomic E-state index is 12.2. The highest BCUT2D eigenvalue weighted by molar-refractivity contribution is 6.32. The lowest BCUT2D eigenvalue weighted by Crippen LogP contribution is -2.08. The van der Waals surface area contributed by atoms with E-state index in [0.717, 1.165) is 5.52 Å². The highest BCUT2D eigenvalue weighted by Crippen LogP contribution is 2.39. The summed E-state index contributed by atoms with van der Waals surface area (Å²) >= 11 is 6.03. The zero-order chi connectivity index (χ0) is 25.9. The van der Waals surface area contributed by atoms with Gasteiger partial charge in [0.2, 0.25) is 5.88 Å². The Bertz CT molecular complexity index is 1310. The Morgan fingerprint density at radius 3 is 2.64 bits per heavy atom. The van der Waals surface area contributed by atoms with E-state index in [0.29, 0.717) is 47.2 Å². The van der Waals surface area contributed by atoms with Gasteiger partial charge in [-0.3, -0.25) is 4.79 Å². The number of azo groups is 1. The number of halogens is 1. The molecular weight excluding hydrogens is 482 g/mol. The van der Waals surface area contributed by atoms with E-state index in [2.05, 4.69) is 16.8 Å². The number of para-hydroxylation sites is 2. The number of aryl methyl sites for hydroxylation is 1. The lowest BCUT2D eigenvalue weighted by Gasteiger charge is -2.09. The number of hydrogen-bond donors (Lipinski definition) is 1. The van der Waals surface area contributed by atoms with Crippen LogP contribution in [0.1, 0.15) is 13.3 Å². The molecule has 0 aliphatic carbocycles. The van der Waals surface area contributed by atoms with Gasteiger partial charge in [0.05, 0.1) is 24.3 Å². The number of carbonyl (C=O) groups excluding carboxylic acids is 1. The Labute approximate surface area is 214 Å². The average molecular weight is 510 g/mol. The largest absolute Gasteiger partial charge is 0.493 e. The van der Waals surface area contributed by atoms with Crippen molar-refractivity contribution in [2.24, 2.45) is 10.2 Å². The zero-order valence-electron chi connectivity index (χ0n) is 20.2. The van der Waals surface area contributed by atoms with E-state index in [1.54, 1.807) is 42.0 Å². The van der Waals surface area contributed by atoms with Crippen molar-refractivity contribution in [1.29, 1.82) is 0 Å². The Hall–Kier alpha value is -4.04. The minimum Gasteiger partial charge on any atom is -0.493 e. The van der Waals surface area contributed by atoms with Gasteiger partial charge in [0.25, 0.3) is 0 Å². The maximum Gasteiger partial charge on any atom is 0.302 e. The number of benzene rings is 2. The van der Waals surface area contributed by atoms with E-state index in [1.165, 1.54) is 0 Å². The fourth-order valence-corrected chi connectivity index (χ4v) is 3.66. The van der Waals surface area contributed by atoms with E-state index in [1.807, 2.05) is 43.3 Å². The summed E-state index contributed by atoms with van der Waals surface area (Å²) in [7, 11) is 1.55. The molecular formula is C27H28ClN3O5. The first-order valence-corrected chi connectivity index (χ1v) is 11.7. The first kappa shape index (κ1) is 26.6. The van der Waals surface area contributed by atoms with Crippen LogP contribution in [0.15, 0.2) is 95.1 Å². The molecule has 1 N–H and O–H groups in total. The van der Waals surface area contributed by atoms with Crippen LogP contribution in [-0.4, -0.2) is 35.9 Å². The molecule has 188 valence electrons. The Morgan fingerprint density at radius 2 is 1.92 bits per heavy atom. The van der Waals surface area contributed by atoms with Gasteiger partial charge in [0, 0.05) is 11.9 Å². The molecule has 0 saturated heterocycles. The monoisotopic (exact) mass is 509 g/mol. The van der Waals surface area contributed by atoms with Crippen molar-refractivity contribution in [3.8, 4) is 11.6 Å². The van der Waals surface area contributed by atoms with Crippen LogP contribution in [0, 0.1) is 0 Å². The summed E-state index contributed by atoms with van der Waals surface area (Å²) in [6.45, 7) is 6.23. The summed E-state index contributed by atoms with van der Waals surface area (Å²) < 4.78 is 18.0. The molecule has 2 aromatic carbocycles. The number of ether oxygens (including phenoxy) is 3. The molecule has 3 aromatic rings. The molecule has 0 saturated carbocycles. The van der Waals surface area contributed by atoms with Gasteiger partial charge in [-0.15, -0.1) is 10.2 Å². The molecule has 0 atom stereocenters. The molecule has 0 fully saturated rings. The lowest BCUT2D eigenvalue weighted by atomic mass is 10.2. The summed E-state index contributed by atoms with van der Waals surface area (Å²) in [5, 5.41) is 19.7. The van der Waals surface area contributed by atoms with Crippen molar-refractivity contribution in [1.82, 2.24) is 4.57 Å². The number of aromatic nitrogens is 1. The quantitative estimate of drug-likeness (QED) is 0.166. The first-order chi connectivity index (χ1) is 17.5. The number of carbonyl (C=O) groups is 1. The topological polar surface area (TPSA) is 94.6 Å². The second kappa shape index (κ2) is 13.2. The normalized spacial score (nSPS) is 12.2. The minimum atomic E-state index is -0.611. The molecule has 1 aromatic heterocycles. The van der Waals surface area contributed by atoms with Gasteiger partial charge in [-0.2, -0.15) is 0 Å². The fourth-order valence-electron chi connectivity index (χ4n) is 3.47. The number of rotatable bonds is 12. The molecule has 0 unspecified atom stereocenters. The van der Waals surface area contributed by atoms with Gasteiger partial charge in [0.15, 0.2) is 23.8 Å². The van der Waals surface area contributed by atoms with E-state index >= 15 is 0 Å². The second-order valence-electron chi connectivity index (χ2n) is 7.41. The number of fused-ring (bicyclic) bond motifs is 1. The molecule has 0 radical (unpaired) electrons. The fraction of sp³-hybridized carbons (Fsp3) is 0.222.